The van der Waals surface area contributed by atoms with Gasteiger partial charge in [0.25, 0.3) is 5.91 Å². The molecule has 2 saturated heterocycles. The first-order valence-corrected chi connectivity index (χ1v) is 14.8. The first-order valence-electron chi connectivity index (χ1n) is 14.8. The third kappa shape index (κ3) is 5.88. The van der Waals surface area contributed by atoms with Crippen molar-refractivity contribution >= 4 is 39.8 Å². The molecule has 0 atom stereocenters. The summed E-state index contributed by atoms with van der Waals surface area (Å²) in [6, 6.07) is 11.0. The largest absolute Gasteiger partial charge is 0.371 e. The number of nitrogens with one attached hydrogen (secondary N) is 3. The molecule has 2 aliphatic heterocycles. The number of pyridine rings is 1. The zero-order chi connectivity index (χ0) is 29.2. The van der Waals surface area contributed by atoms with E-state index in [1.165, 1.54) is 31.6 Å². The Morgan fingerprint density at radius 3 is 2.40 bits per heavy atom. The van der Waals surface area contributed by atoms with Gasteiger partial charge in [0.15, 0.2) is 17.3 Å². The second-order valence-electron chi connectivity index (χ2n) is 11.6. The van der Waals surface area contributed by atoms with Gasteiger partial charge in [0.1, 0.15) is 5.69 Å². The normalized spacial score (nSPS) is 17.2. The fourth-order valence-corrected chi connectivity index (χ4v) is 5.99. The van der Waals surface area contributed by atoms with Gasteiger partial charge >= 0.3 is 0 Å². The van der Waals surface area contributed by atoms with Gasteiger partial charge in [0.05, 0.1) is 11.7 Å². The first-order chi connectivity index (χ1) is 20.4. The zero-order valence-corrected chi connectivity index (χ0v) is 24.6. The van der Waals surface area contributed by atoms with Crippen molar-refractivity contribution < 1.29 is 4.79 Å². The minimum atomic E-state index is -0.656. The van der Waals surface area contributed by atoms with Crippen LogP contribution in [0.2, 0.25) is 0 Å². The molecule has 2 fully saturated rings. The second-order valence-corrected chi connectivity index (χ2v) is 11.6. The van der Waals surface area contributed by atoms with Crippen LogP contribution in [0.3, 0.4) is 0 Å². The molecule has 11 heteroatoms. The maximum Gasteiger partial charge on any atom is 0.271 e. The molecular weight excluding hydrogens is 528 g/mol. The smallest absolute Gasteiger partial charge is 0.271 e. The average Bonchev–Trinajstić information content (AvgIpc) is 3.47. The van der Waals surface area contributed by atoms with Crippen molar-refractivity contribution in [2.75, 3.05) is 61.8 Å². The van der Waals surface area contributed by atoms with Crippen molar-refractivity contribution in [3.8, 4) is 11.3 Å². The molecule has 1 amide bonds. The molecule has 0 spiro atoms. The molecule has 2 aliphatic rings. The van der Waals surface area contributed by atoms with E-state index in [4.69, 9.17) is 15.7 Å². The molecule has 0 unspecified atom stereocenters. The summed E-state index contributed by atoms with van der Waals surface area (Å²) in [6.07, 6.45) is 7.71. The summed E-state index contributed by atoms with van der Waals surface area (Å²) in [5, 5.41) is 7.62. The lowest BCUT2D eigenvalue weighted by Gasteiger charge is -2.42. The number of fused-ring (bicyclic) bond motifs is 1. The number of nitrogens with two attached hydrogens (primary N) is 1. The lowest BCUT2D eigenvalue weighted by molar-refractivity contribution is 0.0982. The van der Waals surface area contributed by atoms with Crippen LogP contribution in [0.15, 0.2) is 48.9 Å². The van der Waals surface area contributed by atoms with Crippen LogP contribution in [0.1, 0.15) is 37.2 Å². The maximum absolute atomic E-state index is 12.6. The third-order valence-corrected chi connectivity index (χ3v) is 8.30. The van der Waals surface area contributed by atoms with E-state index in [1.54, 1.807) is 12.4 Å². The Morgan fingerprint density at radius 2 is 1.71 bits per heavy atom. The summed E-state index contributed by atoms with van der Waals surface area (Å²) in [6.45, 7) is 10.8. The molecule has 220 valence electrons. The number of piperidine rings is 1. The lowest BCUT2D eigenvalue weighted by atomic mass is 10.0. The number of H-pyrrole nitrogens is 1. The monoisotopic (exact) mass is 568 g/mol. The van der Waals surface area contributed by atoms with E-state index in [9.17, 15) is 4.79 Å². The number of amides is 1. The van der Waals surface area contributed by atoms with Crippen molar-refractivity contribution in [1.82, 2.24) is 29.7 Å². The predicted molar refractivity (Wildman–Crippen MR) is 168 cm³/mol. The number of nitrogens with zero attached hydrogens (tertiary/aromatic N) is 6. The number of anilines is 4. The van der Waals surface area contributed by atoms with E-state index in [1.807, 2.05) is 38.2 Å². The van der Waals surface area contributed by atoms with Crippen molar-refractivity contribution in [1.29, 1.82) is 0 Å². The Kier molecular flexibility index (Phi) is 7.94. The van der Waals surface area contributed by atoms with Crippen molar-refractivity contribution in [2.24, 2.45) is 5.73 Å². The van der Waals surface area contributed by atoms with Gasteiger partial charge in [-0.05, 0) is 64.1 Å². The van der Waals surface area contributed by atoms with Crippen LogP contribution in [-0.2, 0) is 0 Å². The average molecular weight is 569 g/mol. The van der Waals surface area contributed by atoms with E-state index < -0.39 is 5.91 Å². The van der Waals surface area contributed by atoms with Crippen LogP contribution in [0.25, 0.3) is 22.2 Å². The van der Waals surface area contributed by atoms with Gasteiger partial charge in [-0.25, -0.2) is 9.97 Å². The number of carbonyl (C=O) groups excluding carboxylic acids is 1. The van der Waals surface area contributed by atoms with Gasteiger partial charge in [-0.3, -0.25) is 14.7 Å². The van der Waals surface area contributed by atoms with Crippen LogP contribution in [0, 0.1) is 0 Å². The van der Waals surface area contributed by atoms with E-state index in [0.717, 1.165) is 48.3 Å². The number of benzene rings is 1. The molecular formula is C31H40N10O. The SMILES string of the molecule is CC(C)Nc1nc(Nc2ccc(N3CCC(N4CCN(C)CC4)CC3)cc2)c(C(N)=O)nc1-c1cncc2[nH]ccc12. The summed E-state index contributed by atoms with van der Waals surface area (Å²) in [4.78, 5) is 37.2. The third-order valence-electron chi connectivity index (χ3n) is 8.30. The van der Waals surface area contributed by atoms with Gasteiger partial charge in [-0.1, -0.05) is 0 Å². The topological polar surface area (TPSA) is 131 Å². The number of likely N-dealkylation sites (N-methyl/N-ethyl adjacent to an activating group) is 1. The highest BCUT2D eigenvalue weighted by atomic mass is 16.1. The van der Waals surface area contributed by atoms with Crippen molar-refractivity contribution in [2.45, 2.75) is 38.8 Å². The molecule has 42 heavy (non-hydrogen) atoms. The number of hydrogen-bond donors (Lipinski definition) is 4. The number of aromatic amines is 1. The van der Waals surface area contributed by atoms with Gasteiger partial charge in [-0.2, -0.15) is 0 Å². The quantitative estimate of drug-likeness (QED) is 0.250. The molecule has 6 rings (SSSR count). The fraction of sp³-hybridized carbons (Fsp3) is 0.419. The standard InChI is InChI=1S/C31H40N10O/c1-20(2)35-30-27(25-18-33-19-26-24(25)8-11-34-26)37-28(29(32)42)31(38-30)36-21-4-6-22(7-5-21)40-12-9-23(10-13-40)41-16-14-39(3)15-17-41/h4-8,11,18-20,23,34H,9-10,12-17H2,1-3H3,(H2,32,42)(H2,35,36,38). The van der Waals surface area contributed by atoms with E-state index in [0.29, 0.717) is 23.4 Å². The van der Waals surface area contributed by atoms with Gasteiger partial charge in [0, 0.05) is 86.1 Å². The van der Waals surface area contributed by atoms with E-state index >= 15 is 0 Å². The number of piperazine rings is 1. The fourth-order valence-electron chi connectivity index (χ4n) is 5.99. The molecule has 4 aromatic rings. The van der Waals surface area contributed by atoms with Crippen LogP contribution in [-0.4, -0.2) is 94.0 Å². The van der Waals surface area contributed by atoms with Crippen molar-refractivity contribution in [3.63, 3.8) is 0 Å². The number of primary amides is 1. The highest BCUT2D eigenvalue weighted by molar-refractivity contribution is 6.00. The van der Waals surface area contributed by atoms with Gasteiger partial charge < -0.3 is 31.2 Å². The highest BCUT2D eigenvalue weighted by Crippen LogP contribution is 2.34. The summed E-state index contributed by atoms with van der Waals surface area (Å²) in [7, 11) is 2.21. The molecule has 5 heterocycles. The number of rotatable bonds is 8. The van der Waals surface area contributed by atoms with E-state index in [2.05, 4.69) is 54.5 Å². The van der Waals surface area contributed by atoms with E-state index in [-0.39, 0.29) is 11.7 Å². The van der Waals surface area contributed by atoms with Gasteiger partial charge in [0.2, 0.25) is 0 Å². The van der Waals surface area contributed by atoms with Crippen molar-refractivity contribution in [3.05, 3.63) is 54.6 Å². The molecule has 5 N–H and O–H groups in total. The van der Waals surface area contributed by atoms with Crippen LogP contribution < -0.4 is 21.3 Å². The maximum atomic E-state index is 12.6. The predicted octanol–water partition coefficient (Wildman–Crippen LogP) is 3.90. The Morgan fingerprint density at radius 1 is 0.976 bits per heavy atom. The van der Waals surface area contributed by atoms with Crippen LogP contribution >= 0.6 is 0 Å². The molecule has 0 aliphatic carbocycles. The summed E-state index contributed by atoms with van der Waals surface area (Å²) in [5.74, 6) is 0.202. The Balaban J connectivity index is 1.21. The first kappa shape index (κ1) is 27.9. The summed E-state index contributed by atoms with van der Waals surface area (Å²) >= 11 is 0. The summed E-state index contributed by atoms with van der Waals surface area (Å²) in [5.41, 5.74) is 10.0. The molecule has 3 aromatic heterocycles. The minimum absolute atomic E-state index is 0.0712. The number of hydrogen-bond acceptors (Lipinski definition) is 9. The van der Waals surface area contributed by atoms with Gasteiger partial charge in [-0.15, -0.1) is 0 Å². The molecule has 0 bridgehead atoms. The zero-order valence-electron chi connectivity index (χ0n) is 24.6. The molecule has 0 radical (unpaired) electrons. The van der Waals surface area contributed by atoms with Crippen LogP contribution in [0.5, 0.6) is 0 Å². The lowest BCUT2D eigenvalue weighted by Crippen LogP contribution is -2.52. The molecule has 11 nitrogen and oxygen atoms in total. The summed E-state index contributed by atoms with van der Waals surface area (Å²) < 4.78 is 0. The Hall–Kier alpha value is -4.22. The molecule has 1 aromatic carbocycles. The van der Waals surface area contributed by atoms with Crippen LogP contribution in [0.4, 0.5) is 23.0 Å². The highest BCUT2D eigenvalue weighted by Gasteiger charge is 2.27. The number of aromatic nitrogens is 4. The molecule has 0 saturated carbocycles. The number of carbonyl (C=O) groups is 1. The minimum Gasteiger partial charge on any atom is -0.371 e. The second kappa shape index (κ2) is 11.9. The Bertz CT molecular complexity index is 1530. The Labute approximate surface area is 246 Å².